The van der Waals surface area contributed by atoms with Crippen LogP contribution in [0, 0.1) is 13.8 Å². The summed E-state index contributed by atoms with van der Waals surface area (Å²) in [4.78, 5) is 12.6. The second kappa shape index (κ2) is 20.0. The summed E-state index contributed by atoms with van der Waals surface area (Å²) in [5.74, 6) is 0. The summed E-state index contributed by atoms with van der Waals surface area (Å²) < 4.78 is 41.0. The van der Waals surface area contributed by atoms with Crippen LogP contribution >= 0.6 is 44.3 Å². The summed E-state index contributed by atoms with van der Waals surface area (Å²) in [6, 6.07) is 26.8. The van der Waals surface area contributed by atoms with Crippen LogP contribution in [0.5, 0.6) is 0 Å². The lowest BCUT2D eigenvalue weighted by molar-refractivity contribution is 0.0694. The zero-order valence-corrected chi connectivity index (χ0v) is 38.8. The zero-order valence-electron chi connectivity index (χ0n) is 33.6. The van der Waals surface area contributed by atoms with Crippen molar-refractivity contribution in [1.82, 2.24) is 9.97 Å². The van der Waals surface area contributed by atoms with Crippen LogP contribution in [0.25, 0.3) is 41.6 Å². The molecule has 0 aliphatic carbocycles. The van der Waals surface area contributed by atoms with Crippen LogP contribution in [0.4, 0.5) is 0 Å². The van der Waals surface area contributed by atoms with Crippen molar-refractivity contribution in [1.29, 1.82) is 0 Å². The SMILES string of the molecule is CCO[Si](Cc1cc(C)cc(-c2nc3ccccc3s2)c1SSc1c(C[Si](OCC)(OCC)OCC)cc(C)cc1-c1nc2ccccc2s1)(OCC)OCC. The molecule has 4 aromatic carbocycles. The number of hydrogen-bond donors (Lipinski definition) is 0. The minimum absolute atomic E-state index is 0.503. The Morgan fingerprint density at radius 2 is 0.839 bits per heavy atom. The van der Waals surface area contributed by atoms with Crippen molar-refractivity contribution >= 4 is 82.3 Å². The van der Waals surface area contributed by atoms with Gasteiger partial charge in [0, 0.05) is 72.6 Å². The smallest absolute Gasteiger partial charge is 0.374 e. The van der Waals surface area contributed by atoms with E-state index in [0.29, 0.717) is 51.7 Å². The quantitative estimate of drug-likeness (QED) is 0.0515. The molecule has 0 aliphatic rings. The van der Waals surface area contributed by atoms with E-state index >= 15 is 0 Å². The Hall–Kier alpha value is -2.45. The highest BCUT2D eigenvalue weighted by molar-refractivity contribution is 8.76. The molecular formula is C42H52N2O6S4Si2. The molecule has 0 radical (unpaired) electrons. The Morgan fingerprint density at radius 1 is 0.500 bits per heavy atom. The van der Waals surface area contributed by atoms with Gasteiger partial charge in [0.25, 0.3) is 0 Å². The van der Waals surface area contributed by atoms with Gasteiger partial charge in [-0.1, -0.05) is 69.1 Å². The Kier molecular flexibility index (Phi) is 15.4. The topological polar surface area (TPSA) is 81.2 Å². The van der Waals surface area contributed by atoms with Crippen molar-refractivity contribution in [3.05, 3.63) is 95.1 Å². The normalized spacial score (nSPS) is 12.4. The molecule has 0 saturated heterocycles. The molecule has 8 nitrogen and oxygen atoms in total. The third-order valence-electron chi connectivity index (χ3n) is 8.88. The van der Waals surface area contributed by atoms with Crippen LogP contribution < -0.4 is 0 Å². The van der Waals surface area contributed by atoms with Gasteiger partial charge in [0.05, 0.1) is 20.4 Å². The van der Waals surface area contributed by atoms with E-state index in [2.05, 4.69) is 74.5 Å². The maximum absolute atomic E-state index is 6.45. The van der Waals surface area contributed by atoms with Crippen molar-refractivity contribution in [3.8, 4) is 21.1 Å². The number of aromatic nitrogens is 2. The monoisotopic (exact) mass is 864 g/mol. The van der Waals surface area contributed by atoms with Crippen molar-refractivity contribution in [2.75, 3.05) is 39.6 Å². The fourth-order valence-corrected chi connectivity index (χ4v) is 17.3. The highest BCUT2D eigenvalue weighted by Gasteiger charge is 2.43. The molecule has 6 rings (SSSR count). The molecule has 298 valence electrons. The van der Waals surface area contributed by atoms with Crippen LogP contribution in [-0.4, -0.2) is 67.2 Å². The number of para-hydroxylation sites is 2. The summed E-state index contributed by atoms with van der Waals surface area (Å²) >= 11 is 3.43. The van der Waals surface area contributed by atoms with E-state index in [4.69, 9.17) is 36.5 Å². The van der Waals surface area contributed by atoms with Crippen LogP contribution in [-0.2, 0) is 38.6 Å². The molecule has 0 bridgehead atoms. The van der Waals surface area contributed by atoms with Crippen LogP contribution in [0.15, 0.2) is 82.6 Å². The van der Waals surface area contributed by atoms with E-state index in [1.54, 1.807) is 44.3 Å². The predicted octanol–water partition coefficient (Wildman–Crippen LogP) is 11.9. The molecular weight excluding hydrogens is 813 g/mol. The number of fused-ring (bicyclic) bond motifs is 2. The molecule has 56 heavy (non-hydrogen) atoms. The first kappa shape index (κ1) is 43.1. The van der Waals surface area contributed by atoms with E-state index in [9.17, 15) is 0 Å². The summed E-state index contributed by atoms with van der Waals surface area (Å²) in [6.07, 6.45) is 0. The Bertz CT molecular complexity index is 1980. The molecule has 6 aromatic rings. The van der Waals surface area contributed by atoms with Crippen molar-refractivity contribution in [2.45, 2.75) is 77.3 Å². The first-order chi connectivity index (χ1) is 27.2. The highest BCUT2D eigenvalue weighted by atomic mass is 33.1. The zero-order chi connectivity index (χ0) is 39.7. The Morgan fingerprint density at radius 3 is 1.16 bits per heavy atom. The lowest BCUT2D eigenvalue weighted by atomic mass is 10.1. The average molecular weight is 865 g/mol. The number of rotatable bonds is 21. The van der Waals surface area contributed by atoms with Gasteiger partial charge in [0.2, 0.25) is 0 Å². The standard InChI is InChI=1S/C42H52N2O6S4Si2/c1-9-45-55(46-10-2,47-11-3)27-31-23-29(7)25-33(41-43-35-19-15-17-21-37(35)51-41)39(31)53-54-40-32(28-56(48-12-4,49-13-5)50-14-6)24-30(8)26-34(40)42-44-36-20-16-18-22-38(36)52-42/h15-26H,9-14,27-28H2,1-8H3. The molecule has 0 aliphatic heterocycles. The lowest BCUT2D eigenvalue weighted by Crippen LogP contribution is -2.48. The molecule has 2 heterocycles. The maximum Gasteiger partial charge on any atom is 0.505 e. The molecule has 0 saturated carbocycles. The van der Waals surface area contributed by atoms with Gasteiger partial charge < -0.3 is 26.6 Å². The van der Waals surface area contributed by atoms with Crippen molar-refractivity contribution in [2.24, 2.45) is 0 Å². The van der Waals surface area contributed by atoms with E-state index in [-0.39, 0.29) is 0 Å². The van der Waals surface area contributed by atoms with Gasteiger partial charge in [-0.05, 0) is 103 Å². The highest BCUT2D eigenvalue weighted by Crippen LogP contribution is 2.51. The van der Waals surface area contributed by atoms with E-state index in [0.717, 1.165) is 73.6 Å². The molecule has 14 heteroatoms. The molecule has 0 fully saturated rings. The minimum atomic E-state index is -3.11. The minimum Gasteiger partial charge on any atom is -0.374 e. The summed E-state index contributed by atoms with van der Waals surface area (Å²) in [6.45, 7) is 19.4. The van der Waals surface area contributed by atoms with Gasteiger partial charge in [-0.25, -0.2) is 9.97 Å². The molecule has 0 spiro atoms. The van der Waals surface area contributed by atoms with Gasteiger partial charge in [-0.3, -0.25) is 0 Å². The predicted molar refractivity (Wildman–Crippen MR) is 240 cm³/mol. The van der Waals surface area contributed by atoms with Gasteiger partial charge in [0.15, 0.2) is 0 Å². The van der Waals surface area contributed by atoms with Gasteiger partial charge in [-0.2, -0.15) is 0 Å². The van der Waals surface area contributed by atoms with Crippen LogP contribution in [0.1, 0.15) is 63.8 Å². The second-order valence-electron chi connectivity index (χ2n) is 13.1. The fourth-order valence-electron chi connectivity index (χ4n) is 6.87. The third kappa shape index (κ3) is 10.0. The van der Waals surface area contributed by atoms with Gasteiger partial charge >= 0.3 is 17.6 Å². The van der Waals surface area contributed by atoms with Gasteiger partial charge in [0.1, 0.15) is 10.0 Å². The number of thiazole rings is 2. The largest absolute Gasteiger partial charge is 0.505 e. The lowest BCUT2D eigenvalue weighted by Gasteiger charge is -2.30. The molecule has 0 unspecified atom stereocenters. The van der Waals surface area contributed by atoms with Gasteiger partial charge in [-0.15, -0.1) is 22.7 Å². The van der Waals surface area contributed by atoms with Crippen LogP contribution in [0.2, 0.25) is 0 Å². The number of nitrogens with zero attached hydrogens (tertiary/aromatic N) is 2. The van der Waals surface area contributed by atoms with Crippen molar-refractivity contribution in [3.63, 3.8) is 0 Å². The molecule has 0 atom stereocenters. The van der Waals surface area contributed by atoms with E-state index in [1.165, 1.54) is 0 Å². The fraction of sp³-hybridized carbons (Fsp3) is 0.381. The second-order valence-corrected chi connectivity index (χ2v) is 22.4. The summed E-state index contributed by atoms with van der Waals surface area (Å²) in [5.41, 5.74) is 8.68. The summed E-state index contributed by atoms with van der Waals surface area (Å²) in [7, 11) is -2.72. The van der Waals surface area contributed by atoms with Crippen LogP contribution in [0.3, 0.4) is 0 Å². The Labute approximate surface area is 349 Å². The van der Waals surface area contributed by atoms with E-state index < -0.39 is 17.6 Å². The Balaban J connectivity index is 1.55. The van der Waals surface area contributed by atoms with E-state index in [1.807, 2.05) is 53.7 Å². The molecule has 2 aromatic heterocycles. The average Bonchev–Trinajstić information content (AvgIpc) is 3.80. The number of benzene rings is 4. The number of aryl methyl sites for hydroxylation is 2. The molecule has 0 N–H and O–H groups in total. The first-order valence-electron chi connectivity index (χ1n) is 19.4. The first-order valence-corrected chi connectivity index (χ1v) is 27.0. The summed E-state index contributed by atoms with van der Waals surface area (Å²) in [5, 5.41) is 1.95. The molecule has 0 amide bonds. The van der Waals surface area contributed by atoms with Crippen molar-refractivity contribution < 1.29 is 26.6 Å². The number of hydrogen-bond acceptors (Lipinski definition) is 12. The maximum atomic E-state index is 6.45. The third-order valence-corrected chi connectivity index (χ3v) is 19.6.